The van der Waals surface area contributed by atoms with Crippen LogP contribution >= 0.6 is 0 Å². The van der Waals surface area contributed by atoms with Crippen molar-refractivity contribution in [3.05, 3.63) is 0 Å². The van der Waals surface area contributed by atoms with Gasteiger partial charge < -0.3 is 10.1 Å². The molecule has 0 amide bonds. The molecule has 0 aromatic heterocycles. The minimum absolute atomic E-state index is 0.665. The summed E-state index contributed by atoms with van der Waals surface area (Å²) in [5.74, 6) is 0.665. The summed E-state index contributed by atoms with van der Waals surface area (Å²) >= 11 is 0. The van der Waals surface area contributed by atoms with Crippen LogP contribution in [0.3, 0.4) is 0 Å². The van der Waals surface area contributed by atoms with Crippen LogP contribution in [-0.2, 0) is 4.74 Å². The van der Waals surface area contributed by atoms with Crippen molar-refractivity contribution < 1.29 is 4.74 Å². The lowest BCUT2D eigenvalue weighted by Crippen LogP contribution is -2.31. The maximum absolute atomic E-state index is 5.24. The van der Waals surface area contributed by atoms with Gasteiger partial charge in [-0.1, -0.05) is 72.1 Å². The fourth-order valence-electron chi connectivity index (χ4n) is 2.95. The van der Waals surface area contributed by atoms with Gasteiger partial charge in [0.25, 0.3) is 0 Å². The molecule has 0 aromatic carbocycles. The molecule has 0 saturated heterocycles. The van der Waals surface area contributed by atoms with Crippen LogP contribution in [0, 0.1) is 5.92 Å². The molecule has 0 fully saturated rings. The Kier molecular flexibility index (Phi) is 15.3. The minimum Gasteiger partial charge on any atom is -0.384 e. The number of nitrogens with one attached hydrogen (secondary N) is 1. The zero-order valence-electron chi connectivity index (χ0n) is 14.5. The Labute approximate surface area is 128 Å². The van der Waals surface area contributed by atoms with Crippen molar-refractivity contribution in [2.45, 2.75) is 91.0 Å². The number of unbranched alkanes of at least 4 members (excludes halogenated alkanes) is 7. The van der Waals surface area contributed by atoms with Crippen molar-refractivity contribution in [2.75, 3.05) is 20.3 Å². The standard InChI is InChI=1S/C18H39NO/c1-5-7-8-9-10-11-12-13-14-18(19-6-2)15-17(3)16-20-4/h17-19H,5-16H2,1-4H3. The van der Waals surface area contributed by atoms with Crippen LogP contribution in [0.25, 0.3) is 0 Å². The number of hydrogen-bond donors (Lipinski definition) is 1. The minimum atomic E-state index is 0.665. The van der Waals surface area contributed by atoms with Crippen molar-refractivity contribution in [3.63, 3.8) is 0 Å². The van der Waals surface area contributed by atoms with Crippen molar-refractivity contribution >= 4 is 0 Å². The van der Waals surface area contributed by atoms with Crippen molar-refractivity contribution in [2.24, 2.45) is 5.92 Å². The van der Waals surface area contributed by atoms with E-state index in [1.807, 2.05) is 0 Å². The Morgan fingerprint density at radius 1 is 0.900 bits per heavy atom. The average Bonchev–Trinajstić information content (AvgIpc) is 2.42. The second kappa shape index (κ2) is 15.3. The third-order valence-corrected chi connectivity index (χ3v) is 4.04. The molecule has 0 aliphatic rings. The Bertz CT molecular complexity index is 184. The van der Waals surface area contributed by atoms with E-state index in [2.05, 4.69) is 26.1 Å². The molecule has 2 unspecified atom stereocenters. The van der Waals surface area contributed by atoms with Crippen LogP contribution in [0.4, 0.5) is 0 Å². The fourth-order valence-corrected chi connectivity index (χ4v) is 2.95. The molecule has 0 heterocycles. The van der Waals surface area contributed by atoms with Gasteiger partial charge in [-0.2, -0.15) is 0 Å². The Hall–Kier alpha value is -0.0800. The largest absolute Gasteiger partial charge is 0.384 e. The lowest BCUT2D eigenvalue weighted by atomic mass is 9.97. The van der Waals surface area contributed by atoms with Crippen LogP contribution in [0.5, 0.6) is 0 Å². The van der Waals surface area contributed by atoms with Gasteiger partial charge in [0.05, 0.1) is 0 Å². The summed E-state index contributed by atoms with van der Waals surface area (Å²) < 4.78 is 5.24. The molecule has 2 nitrogen and oxygen atoms in total. The van der Waals surface area contributed by atoms with Gasteiger partial charge in [-0.25, -0.2) is 0 Å². The van der Waals surface area contributed by atoms with E-state index in [9.17, 15) is 0 Å². The summed E-state index contributed by atoms with van der Waals surface area (Å²) in [6.07, 6.45) is 13.9. The Balaban J connectivity index is 3.54. The highest BCUT2D eigenvalue weighted by Gasteiger charge is 2.11. The van der Waals surface area contributed by atoms with Gasteiger partial charge in [-0.15, -0.1) is 0 Å². The van der Waals surface area contributed by atoms with Gasteiger partial charge in [0, 0.05) is 19.8 Å². The molecule has 0 rings (SSSR count). The summed E-state index contributed by atoms with van der Waals surface area (Å²) in [5, 5.41) is 3.64. The molecule has 2 atom stereocenters. The third kappa shape index (κ3) is 12.9. The van der Waals surface area contributed by atoms with Crippen LogP contribution < -0.4 is 5.32 Å². The summed E-state index contributed by atoms with van der Waals surface area (Å²) in [6, 6.07) is 0.685. The first-order valence-corrected chi connectivity index (χ1v) is 8.96. The van der Waals surface area contributed by atoms with Crippen molar-refractivity contribution in [1.82, 2.24) is 5.32 Å². The highest BCUT2D eigenvalue weighted by Crippen LogP contribution is 2.14. The summed E-state index contributed by atoms with van der Waals surface area (Å²) in [7, 11) is 1.80. The van der Waals surface area contributed by atoms with Gasteiger partial charge in [0.1, 0.15) is 0 Å². The molecule has 0 bridgehead atoms. The monoisotopic (exact) mass is 285 g/mol. The van der Waals surface area contributed by atoms with Crippen LogP contribution in [0.15, 0.2) is 0 Å². The molecule has 1 N–H and O–H groups in total. The molecule has 0 aliphatic carbocycles. The van der Waals surface area contributed by atoms with Gasteiger partial charge in [-0.05, 0) is 25.3 Å². The van der Waals surface area contributed by atoms with E-state index >= 15 is 0 Å². The quantitative estimate of drug-likeness (QED) is 0.419. The average molecular weight is 286 g/mol. The smallest absolute Gasteiger partial charge is 0.0488 e. The molecular weight excluding hydrogens is 246 g/mol. The van der Waals surface area contributed by atoms with Gasteiger partial charge in [-0.3, -0.25) is 0 Å². The van der Waals surface area contributed by atoms with Crippen molar-refractivity contribution in [1.29, 1.82) is 0 Å². The third-order valence-electron chi connectivity index (χ3n) is 4.04. The van der Waals surface area contributed by atoms with Gasteiger partial charge in [0.15, 0.2) is 0 Å². The SMILES string of the molecule is CCCCCCCCCCC(CC(C)COC)NCC. The molecule has 0 aliphatic heterocycles. The lowest BCUT2D eigenvalue weighted by Gasteiger charge is -2.21. The molecule has 2 heteroatoms. The maximum atomic E-state index is 5.24. The topological polar surface area (TPSA) is 21.3 Å². The molecule has 0 spiro atoms. The zero-order valence-corrected chi connectivity index (χ0v) is 14.5. The first kappa shape index (κ1) is 19.9. The number of ether oxygens (including phenoxy) is 1. The molecule has 0 aromatic rings. The summed E-state index contributed by atoms with van der Waals surface area (Å²) in [4.78, 5) is 0. The predicted molar refractivity (Wildman–Crippen MR) is 90.3 cm³/mol. The maximum Gasteiger partial charge on any atom is 0.0488 e. The van der Waals surface area contributed by atoms with Gasteiger partial charge >= 0.3 is 0 Å². The number of rotatable bonds is 15. The lowest BCUT2D eigenvalue weighted by molar-refractivity contribution is 0.148. The second-order valence-electron chi connectivity index (χ2n) is 6.31. The first-order valence-electron chi connectivity index (χ1n) is 8.96. The highest BCUT2D eigenvalue weighted by atomic mass is 16.5. The molecular formula is C18H39NO. The molecule has 20 heavy (non-hydrogen) atoms. The van der Waals surface area contributed by atoms with Gasteiger partial charge in [0.2, 0.25) is 0 Å². The van der Waals surface area contributed by atoms with Crippen LogP contribution in [0.2, 0.25) is 0 Å². The van der Waals surface area contributed by atoms with E-state index in [1.165, 1.54) is 64.2 Å². The molecule has 0 saturated carbocycles. The Morgan fingerprint density at radius 2 is 1.50 bits per heavy atom. The highest BCUT2D eigenvalue weighted by molar-refractivity contribution is 4.69. The van der Waals surface area contributed by atoms with Crippen molar-refractivity contribution in [3.8, 4) is 0 Å². The number of hydrogen-bond acceptors (Lipinski definition) is 2. The van der Waals surface area contributed by atoms with Crippen LogP contribution in [-0.4, -0.2) is 26.3 Å². The number of methoxy groups -OCH3 is 1. The molecule has 122 valence electrons. The Morgan fingerprint density at radius 3 is 2.05 bits per heavy atom. The van der Waals surface area contributed by atoms with Crippen LogP contribution in [0.1, 0.15) is 85.0 Å². The normalized spacial score (nSPS) is 14.4. The fraction of sp³-hybridized carbons (Fsp3) is 1.00. The summed E-state index contributed by atoms with van der Waals surface area (Å²) in [6.45, 7) is 8.76. The van der Waals surface area contributed by atoms with E-state index in [1.54, 1.807) is 7.11 Å². The van der Waals surface area contributed by atoms with E-state index in [0.717, 1.165) is 13.2 Å². The predicted octanol–water partition coefficient (Wildman–Crippen LogP) is 5.17. The second-order valence-corrected chi connectivity index (χ2v) is 6.31. The summed E-state index contributed by atoms with van der Waals surface area (Å²) in [5.41, 5.74) is 0. The first-order chi connectivity index (χ1) is 9.74. The zero-order chi connectivity index (χ0) is 15.1. The van der Waals surface area contributed by atoms with E-state index in [-0.39, 0.29) is 0 Å². The van der Waals surface area contributed by atoms with E-state index in [4.69, 9.17) is 4.74 Å². The van der Waals surface area contributed by atoms with E-state index in [0.29, 0.717) is 12.0 Å². The molecule has 0 radical (unpaired) electrons. The van der Waals surface area contributed by atoms with E-state index < -0.39 is 0 Å².